The summed E-state index contributed by atoms with van der Waals surface area (Å²) in [5.74, 6) is -0.937. The number of hydrogen-bond donors (Lipinski definition) is 1. The van der Waals surface area contributed by atoms with Crippen molar-refractivity contribution in [3.05, 3.63) is 32.3 Å². The maximum Gasteiger partial charge on any atom is 0.323 e. The number of benzene rings is 1. The molecule has 0 saturated heterocycles. The van der Waals surface area contributed by atoms with E-state index in [1.807, 2.05) is 13.8 Å². The van der Waals surface area contributed by atoms with E-state index in [9.17, 15) is 14.9 Å². The SMILES string of the molecule is CCC(C)N(CC(=O)O)c1cc(C)c([N+](=O)[O-])cc1Br. The van der Waals surface area contributed by atoms with Crippen molar-refractivity contribution in [2.75, 3.05) is 11.4 Å². The number of nitrogens with zero attached hydrogens (tertiary/aromatic N) is 2. The number of aliphatic carboxylic acids is 1. The van der Waals surface area contributed by atoms with Crippen LogP contribution in [0.4, 0.5) is 11.4 Å². The highest BCUT2D eigenvalue weighted by molar-refractivity contribution is 9.10. The zero-order valence-corrected chi connectivity index (χ0v) is 13.2. The van der Waals surface area contributed by atoms with Gasteiger partial charge in [0.2, 0.25) is 0 Å². The molecule has 0 saturated carbocycles. The van der Waals surface area contributed by atoms with Crippen molar-refractivity contribution >= 4 is 33.3 Å². The van der Waals surface area contributed by atoms with Crippen molar-refractivity contribution in [3.8, 4) is 0 Å². The van der Waals surface area contributed by atoms with Gasteiger partial charge in [0.15, 0.2) is 0 Å². The molecule has 0 amide bonds. The largest absolute Gasteiger partial charge is 0.480 e. The average molecular weight is 345 g/mol. The van der Waals surface area contributed by atoms with Crippen LogP contribution >= 0.6 is 15.9 Å². The lowest BCUT2D eigenvalue weighted by atomic mass is 10.1. The van der Waals surface area contributed by atoms with Crippen LogP contribution in [0.2, 0.25) is 0 Å². The molecule has 0 aliphatic carbocycles. The molecule has 110 valence electrons. The van der Waals surface area contributed by atoms with Gasteiger partial charge < -0.3 is 10.0 Å². The highest BCUT2D eigenvalue weighted by Gasteiger charge is 2.22. The topological polar surface area (TPSA) is 83.7 Å². The fourth-order valence-electron chi connectivity index (χ4n) is 1.92. The minimum Gasteiger partial charge on any atom is -0.480 e. The Hall–Kier alpha value is -1.63. The Morgan fingerprint density at radius 2 is 2.15 bits per heavy atom. The minimum atomic E-state index is -0.937. The fraction of sp³-hybridized carbons (Fsp3) is 0.462. The van der Waals surface area contributed by atoms with E-state index in [0.717, 1.165) is 6.42 Å². The van der Waals surface area contributed by atoms with Crippen LogP contribution in [0.25, 0.3) is 0 Å². The minimum absolute atomic E-state index is 0.0139. The zero-order valence-electron chi connectivity index (χ0n) is 11.6. The van der Waals surface area contributed by atoms with Crippen molar-refractivity contribution in [2.45, 2.75) is 33.2 Å². The number of hydrogen-bond acceptors (Lipinski definition) is 4. The van der Waals surface area contributed by atoms with Crippen molar-refractivity contribution in [2.24, 2.45) is 0 Å². The Morgan fingerprint density at radius 3 is 2.60 bits per heavy atom. The molecular formula is C13H17BrN2O4. The Morgan fingerprint density at radius 1 is 1.55 bits per heavy atom. The number of nitro benzene ring substituents is 1. The number of carboxylic acids is 1. The summed E-state index contributed by atoms with van der Waals surface area (Å²) in [4.78, 5) is 23.2. The fourth-order valence-corrected chi connectivity index (χ4v) is 2.48. The molecule has 0 fully saturated rings. The predicted molar refractivity (Wildman–Crippen MR) is 80.3 cm³/mol. The monoisotopic (exact) mass is 344 g/mol. The van der Waals surface area contributed by atoms with E-state index < -0.39 is 10.9 Å². The molecule has 0 aromatic heterocycles. The van der Waals surface area contributed by atoms with Crippen LogP contribution in [0.15, 0.2) is 16.6 Å². The lowest BCUT2D eigenvalue weighted by Gasteiger charge is -2.30. The van der Waals surface area contributed by atoms with Gasteiger partial charge in [0.05, 0.1) is 10.6 Å². The Labute approximate surface area is 125 Å². The van der Waals surface area contributed by atoms with Gasteiger partial charge in [0.1, 0.15) is 6.54 Å². The predicted octanol–water partition coefficient (Wildman–Crippen LogP) is 3.36. The van der Waals surface area contributed by atoms with E-state index in [2.05, 4.69) is 15.9 Å². The van der Waals surface area contributed by atoms with Crippen LogP contribution in [0, 0.1) is 17.0 Å². The van der Waals surface area contributed by atoms with Gasteiger partial charge in [-0.2, -0.15) is 0 Å². The molecule has 0 bridgehead atoms. The van der Waals surface area contributed by atoms with Crippen molar-refractivity contribution in [1.82, 2.24) is 0 Å². The molecule has 1 rings (SSSR count). The number of rotatable bonds is 6. The normalized spacial score (nSPS) is 12.0. The van der Waals surface area contributed by atoms with Crippen LogP contribution in [-0.2, 0) is 4.79 Å². The molecule has 7 heteroatoms. The number of carboxylic acid groups (broad SMARTS) is 1. The molecule has 1 aromatic rings. The van der Waals surface area contributed by atoms with Gasteiger partial charge in [0.25, 0.3) is 5.69 Å². The molecule has 6 nitrogen and oxygen atoms in total. The van der Waals surface area contributed by atoms with Crippen molar-refractivity contribution < 1.29 is 14.8 Å². The average Bonchev–Trinajstić information content (AvgIpc) is 2.37. The maximum absolute atomic E-state index is 11.0. The second-order valence-corrected chi connectivity index (χ2v) is 5.48. The Kier molecular flexibility index (Phi) is 5.50. The third kappa shape index (κ3) is 3.69. The van der Waals surface area contributed by atoms with Crippen molar-refractivity contribution in [1.29, 1.82) is 0 Å². The molecule has 0 heterocycles. The van der Waals surface area contributed by atoms with Gasteiger partial charge in [-0.25, -0.2) is 0 Å². The molecule has 20 heavy (non-hydrogen) atoms. The molecule has 1 unspecified atom stereocenters. The lowest BCUT2D eigenvalue weighted by Crippen LogP contribution is -2.37. The molecular weight excluding hydrogens is 328 g/mol. The molecule has 1 N–H and O–H groups in total. The summed E-state index contributed by atoms with van der Waals surface area (Å²) in [5, 5.41) is 19.9. The second kappa shape index (κ2) is 6.69. The first-order valence-electron chi connectivity index (χ1n) is 6.20. The summed E-state index contributed by atoms with van der Waals surface area (Å²) in [6.45, 7) is 5.38. The molecule has 1 aromatic carbocycles. The lowest BCUT2D eigenvalue weighted by molar-refractivity contribution is -0.385. The third-order valence-corrected chi connectivity index (χ3v) is 3.84. The van der Waals surface area contributed by atoms with E-state index in [1.165, 1.54) is 6.07 Å². The van der Waals surface area contributed by atoms with Gasteiger partial charge in [-0.05, 0) is 42.3 Å². The highest BCUT2D eigenvalue weighted by Crippen LogP contribution is 2.34. The van der Waals surface area contributed by atoms with E-state index in [-0.39, 0.29) is 18.3 Å². The van der Waals surface area contributed by atoms with Crippen molar-refractivity contribution in [3.63, 3.8) is 0 Å². The van der Waals surface area contributed by atoms with Gasteiger partial charge in [-0.1, -0.05) is 6.92 Å². The van der Waals surface area contributed by atoms with Crippen LogP contribution in [0.3, 0.4) is 0 Å². The highest BCUT2D eigenvalue weighted by atomic mass is 79.9. The maximum atomic E-state index is 11.0. The van der Waals surface area contributed by atoms with Crippen LogP contribution in [0.1, 0.15) is 25.8 Å². The Balaban J connectivity index is 3.30. The van der Waals surface area contributed by atoms with Gasteiger partial charge >= 0.3 is 5.97 Å². The quantitative estimate of drug-likeness (QED) is 0.631. The van der Waals surface area contributed by atoms with E-state index in [4.69, 9.17) is 5.11 Å². The summed E-state index contributed by atoms with van der Waals surface area (Å²) < 4.78 is 0.524. The Bertz CT molecular complexity index is 533. The van der Waals surface area contributed by atoms with Gasteiger partial charge in [-0.3, -0.25) is 14.9 Å². The van der Waals surface area contributed by atoms with E-state index in [0.29, 0.717) is 15.7 Å². The molecule has 0 spiro atoms. The van der Waals surface area contributed by atoms with Gasteiger partial charge in [-0.15, -0.1) is 0 Å². The smallest absolute Gasteiger partial charge is 0.323 e. The number of anilines is 1. The summed E-state index contributed by atoms with van der Waals surface area (Å²) in [7, 11) is 0. The standard InChI is InChI=1S/C13H17BrN2O4/c1-4-9(3)15(7-13(17)18)12-5-8(2)11(16(19)20)6-10(12)14/h5-6,9H,4,7H2,1-3H3,(H,17,18). The molecule has 0 aliphatic rings. The summed E-state index contributed by atoms with van der Waals surface area (Å²) in [6, 6.07) is 3.09. The first-order valence-corrected chi connectivity index (χ1v) is 7.00. The molecule has 0 aliphatic heterocycles. The van der Waals surface area contributed by atoms with Crippen LogP contribution in [0.5, 0.6) is 0 Å². The van der Waals surface area contributed by atoms with E-state index >= 15 is 0 Å². The summed E-state index contributed by atoms with van der Waals surface area (Å²) in [5.41, 5.74) is 1.18. The summed E-state index contributed by atoms with van der Waals surface area (Å²) >= 11 is 3.30. The van der Waals surface area contributed by atoms with Crippen LogP contribution in [-0.4, -0.2) is 28.6 Å². The number of carbonyl (C=O) groups is 1. The van der Waals surface area contributed by atoms with E-state index in [1.54, 1.807) is 17.9 Å². The number of aryl methyl sites for hydroxylation is 1. The summed E-state index contributed by atoms with van der Waals surface area (Å²) in [6.07, 6.45) is 0.774. The van der Waals surface area contributed by atoms with Gasteiger partial charge in [0, 0.05) is 22.1 Å². The third-order valence-electron chi connectivity index (χ3n) is 3.20. The zero-order chi connectivity index (χ0) is 15.4. The van der Waals surface area contributed by atoms with Crippen LogP contribution < -0.4 is 4.90 Å². The first-order chi connectivity index (χ1) is 9.27. The molecule has 0 radical (unpaired) electrons. The number of halogens is 1. The second-order valence-electron chi connectivity index (χ2n) is 4.63. The molecule has 1 atom stereocenters. The number of nitro groups is 1. The first kappa shape index (κ1) is 16.4.